The first-order valence-corrected chi connectivity index (χ1v) is 9.85. The Morgan fingerprint density at radius 3 is 2.54 bits per heavy atom. The van der Waals surface area contributed by atoms with E-state index in [-0.39, 0.29) is 12.2 Å². The number of nitrogens with zero attached hydrogens (tertiary/aromatic N) is 2. The van der Waals surface area contributed by atoms with Crippen LogP contribution in [0.3, 0.4) is 0 Å². The van der Waals surface area contributed by atoms with Gasteiger partial charge in [0.15, 0.2) is 0 Å². The van der Waals surface area contributed by atoms with E-state index in [2.05, 4.69) is 24.0 Å². The van der Waals surface area contributed by atoms with Crippen LogP contribution in [-0.4, -0.2) is 29.1 Å². The van der Waals surface area contributed by atoms with E-state index in [1.807, 2.05) is 48.5 Å². The quantitative estimate of drug-likeness (QED) is 0.616. The molecule has 5 nitrogen and oxygen atoms in total. The van der Waals surface area contributed by atoms with Gasteiger partial charge in [-0.2, -0.15) is 0 Å². The van der Waals surface area contributed by atoms with E-state index < -0.39 is 6.10 Å². The molecule has 0 aliphatic carbocycles. The Morgan fingerprint density at radius 2 is 1.82 bits per heavy atom. The van der Waals surface area contributed by atoms with Crippen LogP contribution in [0, 0.1) is 0 Å². The number of pyridine rings is 1. The summed E-state index contributed by atoms with van der Waals surface area (Å²) >= 11 is 0. The fourth-order valence-corrected chi connectivity index (χ4v) is 3.19. The Hall–Kier alpha value is -2.79. The molecule has 0 fully saturated rings. The molecule has 1 atom stereocenters. The highest BCUT2D eigenvalue weighted by Gasteiger charge is 2.17. The molecule has 1 aromatic heterocycles. The van der Waals surface area contributed by atoms with Gasteiger partial charge in [-0.05, 0) is 31.0 Å². The number of rotatable bonds is 9. The number of unbranched alkanes of at least 4 members (excludes halogenated alkanes) is 1. The average Bonchev–Trinajstić information content (AvgIpc) is 2.70. The summed E-state index contributed by atoms with van der Waals surface area (Å²) in [6, 6.07) is 19.8. The maximum absolute atomic E-state index is 13.3. The number of anilines is 1. The smallest absolute Gasteiger partial charge is 0.307 e. The first kappa shape index (κ1) is 20.0. The predicted molar refractivity (Wildman–Crippen MR) is 114 cm³/mol. The van der Waals surface area contributed by atoms with E-state index in [1.165, 1.54) is 4.73 Å². The molecule has 0 saturated heterocycles. The molecule has 1 N–H and O–H groups in total. The summed E-state index contributed by atoms with van der Waals surface area (Å²) in [6.45, 7) is 5.28. The van der Waals surface area contributed by atoms with Gasteiger partial charge in [0.2, 0.25) is 0 Å². The fourth-order valence-electron chi connectivity index (χ4n) is 3.19. The zero-order valence-electron chi connectivity index (χ0n) is 16.5. The second kappa shape index (κ2) is 9.42. The van der Waals surface area contributed by atoms with Gasteiger partial charge in [0.05, 0.1) is 11.6 Å². The standard InChI is InChI=1S/C23H28N2O3/c1-3-4-14-24(16-19-10-6-5-7-11-19)22-15-20-12-8-9-13-21(20)25(23(22)27)28-17-18(2)26/h5-13,15,18,26H,3-4,14,16-17H2,1-2H3. The molecule has 3 aromatic rings. The molecule has 5 heteroatoms. The highest BCUT2D eigenvalue weighted by Crippen LogP contribution is 2.20. The van der Waals surface area contributed by atoms with E-state index in [1.54, 1.807) is 6.92 Å². The summed E-state index contributed by atoms with van der Waals surface area (Å²) in [6.07, 6.45) is 1.38. The van der Waals surface area contributed by atoms with Crippen LogP contribution in [0.25, 0.3) is 10.9 Å². The zero-order chi connectivity index (χ0) is 19.9. The first-order chi connectivity index (χ1) is 13.6. The van der Waals surface area contributed by atoms with Crippen LogP contribution >= 0.6 is 0 Å². The van der Waals surface area contributed by atoms with Crippen molar-refractivity contribution >= 4 is 16.6 Å². The summed E-state index contributed by atoms with van der Waals surface area (Å²) in [5.41, 5.74) is 2.27. The molecule has 1 unspecified atom stereocenters. The Balaban J connectivity index is 2.06. The molecular weight excluding hydrogens is 352 g/mol. The normalized spacial score (nSPS) is 12.1. The van der Waals surface area contributed by atoms with Gasteiger partial charge in [-0.3, -0.25) is 4.79 Å². The fraction of sp³-hybridized carbons (Fsp3) is 0.348. The Bertz CT molecular complexity index is 951. The van der Waals surface area contributed by atoms with Crippen LogP contribution in [0.5, 0.6) is 0 Å². The van der Waals surface area contributed by atoms with Crippen LogP contribution < -0.4 is 15.3 Å². The number of benzene rings is 2. The third kappa shape index (κ3) is 4.73. The molecule has 0 bridgehead atoms. The Morgan fingerprint density at radius 1 is 1.11 bits per heavy atom. The third-order valence-corrected chi connectivity index (χ3v) is 4.63. The van der Waals surface area contributed by atoms with Crippen LogP contribution in [0.15, 0.2) is 65.5 Å². The van der Waals surface area contributed by atoms with Gasteiger partial charge in [-0.15, -0.1) is 4.73 Å². The lowest BCUT2D eigenvalue weighted by atomic mass is 10.1. The van der Waals surface area contributed by atoms with Gasteiger partial charge in [0, 0.05) is 18.5 Å². The van der Waals surface area contributed by atoms with Crippen LogP contribution in [0.2, 0.25) is 0 Å². The van der Waals surface area contributed by atoms with Crippen molar-refractivity contribution in [1.82, 2.24) is 4.73 Å². The zero-order valence-corrected chi connectivity index (χ0v) is 16.5. The molecule has 0 spiro atoms. The first-order valence-electron chi connectivity index (χ1n) is 9.85. The number of fused-ring (bicyclic) bond motifs is 1. The lowest BCUT2D eigenvalue weighted by molar-refractivity contribution is 0.0364. The molecule has 0 aliphatic rings. The number of aromatic nitrogens is 1. The molecule has 0 amide bonds. The lowest BCUT2D eigenvalue weighted by Gasteiger charge is -2.26. The minimum atomic E-state index is -0.658. The maximum atomic E-state index is 13.3. The van der Waals surface area contributed by atoms with Gasteiger partial charge in [-0.25, -0.2) is 0 Å². The third-order valence-electron chi connectivity index (χ3n) is 4.63. The van der Waals surface area contributed by atoms with E-state index in [0.29, 0.717) is 17.7 Å². The molecule has 1 heterocycles. The van der Waals surface area contributed by atoms with E-state index in [4.69, 9.17) is 4.84 Å². The molecule has 28 heavy (non-hydrogen) atoms. The molecule has 2 aromatic carbocycles. The number of para-hydroxylation sites is 1. The number of aliphatic hydroxyl groups is 1. The molecule has 148 valence electrons. The van der Waals surface area contributed by atoms with Gasteiger partial charge in [0.1, 0.15) is 12.3 Å². The molecule has 0 saturated carbocycles. The number of hydrogen-bond donors (Lipinski definition) is 1. The van der Waals surface area contributed by atoms with Gasteiger partial charge in [0.25, 0.3) is 0 Å². The van der Waals surface area contributed by atoms with Crippen LogP contribution in [0.1, 0.15) is 32.3 Å². The highest BCUT2D eigenvalue weighted by molar-refractivity contribution is 5.82. The molecule has 3 rings (SSSR count). The summed E-state index contributed by atoms with van der Waals surface area (Å²) < 4.78 is 1.32. The summed E-state index contributed by atoms with van der Waals surface area (Å²) in [5.74, 6) is 0. The van der Waals surface area contributed by atoms with Crippen molar-refractivity contribution in [2.24, 2.45) is 0 Å². The van der Waals surface area contributed by atoms with Gasteiger partial charge in [-0.1, -0.05) is 61.9 Å². The summed E-state index contributed by atoms with van der Waals surface area (Å²) in [7, 11) is 0. The largest absolute Gasteiger partial charge is 0.407 e. The SMILES string of the molecule is CCCCN(Cc1ccccc1)c1cc2ccccc2n(OCC(C)O)c1=O. The van der Waals surface area contributed by atoms with Crippen molar-refractivity contribution in [3.63, 3.8) is 0 Å². The lowest BCUT2D eigenvalue weighted by Crippen LogP contribution is -2.36. The molecule has 0 radical (unpaired) electrons. The number of hydrogen-bond acceptors (Lipinski definition) is 4. The van der Waals surface area contributed by atoms with Gasteiger partial charge >= 0.3 is 5.56 Å². The second-order valence-electron chi connectivity index (χ2n) is 7.09. The maximum Gasteiger partial charge on any atom is 0.307 e. The highest BCUT2D eigenvalue weighted by atomic mass is 16.7. The molecular formula is C23H28N2O3. The van der Waals surface area contributed by atoms with Crippen molar-refractivity contribution in [2.75, 3.05) is 18.1 Å². The topological polar surface area (TPSA) is 54.7 Å². The minimum Gasteiger partial charge on any atom is -0.407 e. The van der Waals surface area contributed by atoms with Crippen molar-refractivity contribution in [1.29, 1.82) is 0 Å². The molecule has 0 aliphatic heterocycles. The summed E-state index contributed by atoms with van der Waals surface area (Å²) in [4.78, 5) is 21.1. The van der Waals surface area contributed by atoms with Crippen molar-refractivity contribution in [3.05, 3.63) is 76.6 Å². The van der Waals surface area contributed by atoms with Crippen molar-refractivity contribution in [3.8, 4) is 0 Å². The second-order valence-corrected chi connectivity index (χ2v) is 7.09. The van der Waals surface area contributed by atoms with Crippen LogP contribution in [-0.2, 0) is 6.54 Å². The minimum absolute atomic E-state index is 0.0565. The van der Waals surface area contributed by atoms with Crippen molar-refractivity contribution < 1.29 is 9.94 Å². The van der Waals surface area contributed by atoms with E-state index in [0.717, 1.165) is 30.3 Å². The average molecular weight is 380 g/mol. The summed E-state index contributed by atoms with van der Waals surface area (Å²) in [5, 5.41) is 10.5. The Labute approximate surface area is 165 Å². The van der Waals surface area contributed by atoms with Crippen LogP contribution in [0.4, 0.5) is 5.69 Å². The monoisotopic (exact) mass is 380 g/mol. The number of aliphatic hydroxyl groups excluding tert-OH is 1. The van der Waals surface area contributed by atoms with E-state index in [9.17, 15) is 9.90 Å². The van der Waals surface area contributed by atoms with Crippen molar-refractivity contribution in [2.45, 2.75) is 39.3 Å². The van der Waals surface area contributed by atoms with E-state index >= 15 is 0 Å². The van der Waals surface area contributed by atoms with Gasteiger partial charge < -0.3 is 14.8 Å². The predicted octanol–water partition coefficient (Wildman–Crippen LogP) is 3.62. The Kier molecular flexibility index (Phi) is 6.71.